The molecule has 0 saturated carbocycles. The quantitative estimate of drug-likeness (QED) is 0.799. The fourth-order valence-corrected chi connectivity index (χ4v) is 2.26. The lowest BCUT2D eigenvalue weighted by molar-refractivity contribution is -0.124. The first-order chi connectivity index (χ1) is 9.03. The zero-order valence-electron chi connectivity index (χ0n) is 11.3. The minimum absolute atomic E-state index is 0.490. The van der Waals surface area contributed by atoms with Crippen LogP contribution < -0.4 is 20.5 Å². The van der Waals surface area contributed by atoms with E-state index in [0.29, 0.717) is 24.5 Å². The highest BCUT2D eigenvalue weighted by Crippen LogP contribution is 2.37. The topological polar surface area (TPSA) is 73.6 Å². The number of carbonyl (C=O) groups excluding carboxylic acids is 1. The number of nitrogens with two attached hydrogens (primary N) is 1. The van der Waals surface area contributed by atoms with E-state index in [1.807, 2.05) is 26.1 Å². The van der Waals surface area contributed by atoms with Crippen LogP contribution in [0.2, 0.25) is 0 Å². The van der Waals surface area contributed by atoms with Crippen molar-refractivity contribution >= 4 is 21.8 Å². The monoisotopic (exact) mass is 330 g/mol. The second-order valence-electron chi connectivity index (χ2n) is 4.06. The Hall–Kier alpha value is -1.27. The summed E-state index contributed by atoms with van der Waals surface area (Å²) in [4.78, 5) is 11.2. The Bertz CT molecular complexity index is 452. The molecule has 19 heavy (non-hydrogen) atoms. The average Bonchev–Trinajstić information content (AvgIpc) is 2.37. The molecule has 5 nitrogen and oxygen atoms in total. The van der Waals surface area contributed by atoms with Gasteiger partial charge in [0.05, 0.1) is 11.6 Å². The van der Waals surface area contributed by atoms with Gasteiger partial charge in [0.15, 0.2) is 17.6 Å². The predicted octanol–water partition coefficient (Wildman–Crippen LogP) is 1.82. The number of halogens is 1. The van der Waals surface area contributed by atoms with Crippen LogP contribution in [0.25, 0.3) is 0 Å². The lowest BCUT2D eigenvalue weighted by Crippen LogP contribution is -2.33. The summed E-state index contributed by atoms with van der Waals surface area (Å²) in [6, 6.07) is 3.78. The summed E-state index contributed by atoms with van der Waals surface area (Å²) in [5, 5.41) is 3.06. The van der Waals surface area contributed by atoms with Gasteiger partial charge in [0.1, 0.15) is 0 Å². The van der Waals surface area contributed by atoms with Crippen molar-refractivity contribution in [1.82, 2.24) is 5.32 Å². The Morgan fingerprint density at radius 2 is 2.21 bits per heavy atom. The summed E-state index contributed by atoms with van der Waals surface area (Å²) >= 11 is 3.43. The van der Waals surface area contributed by atoms with E-state index in [0.717, 1.165) is 10.0 Å². The molecule has 106 valence electrons. The molecule has 1 amide bonds. The van der Waals surface area contributed by atoms with E-state index < -0.39 is 12.0 Å². The molecular formula is C13H19BrN2O3. The van der Waals surface area contributed by atoms with Gasteiger partial charge in [-0.15, -0.1) is 0 Å². The van der Waals surface area contributed by atoms with Crippen molar-refractivity contribution in [3.8, 4) is 11.5 Å². The molecule has 1 atom stereocenters. The Labute approximate surface area is 121 Å². The van der Waals surface area contributed by atoms with Gasteiger partial charge in [0, 0.05) is 6.54 Å². The molecule has 1 unspecified atom stereocenters. The number of primary amides is 1. The normalized spacial score (nSPS) is 12.0. The number of ether oxygens (including phenoxy) is 2. The molecule has 0 radical (unpaired) electrons. The molecule has 0 spiro atoms. The first-order valence-electron chi connectivity index (χ1n) is 6.00. The molecule has 0 fully saturated rings. The summed E-state index contributed by atoms with van der Waals surface area (Å²) < 4.78 is 11.7. The number of benzene rings is 1. The molecule has 3 N–H and O–H groups in total. The fraction of sp³-hybridized carbons (Fsp3) is 0.462. The van der Waals surface area contributed by atoms with Crippen molar-refractivity contribution in [2.24, 2.45) is 5.73 Å². The number of rotatable bonds is 7. The largest absolute Gasteiger partial charge is 0.493 e. The first kappa shape index (κ1) is 15.8. The Morgan fingerprint density at radius 1 is 1.53 bits per heavy atom. The van der Waals surface area contributed by atoms with Crippen LogP contribution in [0.5, 0.6) is 11.5 Å². The molecule has 0 bridgehead atoms. The fourth-order valence-electron chi connectivity index (χ4n) is 1.68. The Morgan fingerprint density at radius 3 is 2.68 bits per heavy atom. The molecular weight excluding hydrogens is 312 g/mol. The molecule has 0 saturated heterocycles. The van der Waals surface area contributed by atoms with Gasteiger partial charge in [0.25, 0.3) is 5.91 Å². The molecule has 0 aliphatic carbocycles. The minimum atomic E-state index is -0.666. The molecule has 1 aromatic carbocycles. The van der Waals surface area contributed by atoms with Crippen molar-refractivity contribution in [1.29, 1.82) is 0 Å². The van der Waals surface area contributed by atoms with Crippen LogP contribution in [0, 0.1) is 0 Å². The molecule has 0 aliphatic heterocycles. The highest BCUT2D eigenvalue weighted by molar-refractivity contribution is 9.10. The average molecular weight is 331 g/mol. The number of amides is 1. The van der Waals surface area contributed by atoms with Gasteiger partial charge in [-0.1, -0.05) is 6.92 Å². The predicted molar refractivity (Wildman–Crippen MR) is 77.4 cm³/mol. The minimum Gasteiger partial charge on any atom is -0.493 e. The van der Waals surface area contributed by atoms with Gasteiger partial charge in [-0.2, -0.15) is 0 Å². The Kier molecular flexibility index (Phi) is 6.11. The maximum atomic E-state index is 11.2. The zero-order chi connectivity index (χ0) is 14.4. The van der Waals surface area contributed by atoms with Crippen LogP contribution in [0.15, 0.2) is 16.6 Å². The summed E-state index contributed by atoms with van der Waals surface area (Å²) in [6.45, 7) is 2.55. The van der Waals surface area contributed by atoms with E-state index in [1.165, 1.54) is 0 Å². The van der Waals surface area contributed by atoms with Crippen molar-refractivity contribution in [3.63, 3.8) is 0 Å². The lowest BCUT2D eigenvalue weighted by Gasteiger charge is -2.18. The van der Waals surface area contributed by atoms with Crippen LogP contribution in [0.3, 0.4) is 0 Å². The van der Waals surface area contributed by atoms with Gasteiger partial charge in [-0.25, -0.2) is 0 Å². The van der Waals surface area contributed by atoms with Crippen molar-refractivity contribution < 1.29 is 14.3 Å². The van der Waals surface area contributed by atoms with E-state index >= 15 is 0 Å². The van der Waals surface area contributed by atoms with E-state index in [4.69, 9.17) is 15.2 Å². The van der Waals surface area contributed by atoms with Gasteiger partial charge < -0.3 is 20.5 Å². The van der Waals surface area contributed by atoms with Crippen LogP contribution in [-0.4, -0.2) is 26.2 Å². The van der Waals surface area contributed by atoms with Crippen LogP contribution in [0.1, 0.15) is 18.9 Å². The van der Waals surface area contributed by atoms with Gasteiger partial charge in [0.2, 0.25) is 0 Å². The Balaban J connectivity index is 3.08. The van der Waals surface area contributed by atoms with E-state index in [-0.39, 0.29) is 0 Å². The third-order valence-electron chi connectivity index (χ3n) is 2.62. The van der Waals surface area contributed by atoms with E-state index in [2.05, 4.69) is 21.2 Å². The summed E-state index contributed by atoms with van der Waals surface area (Å²) in [5.41, 5.74) is 6.33. The molecule has 0 aliphatic rings. The van der Waals surface area contributed by atoms with Crippen molar-refractivity contribution in [3.05, 3.63) is 22.2 Å². The van der Waals surface area contributed by atoms with Crippen LogP contribution in [0.4, 0.5) is 0 Å². The SMILES string of the molecule is CCC(Oc1c(Br)cc(CNC)cc1OC)C(N)=O. The second kappa shape index (κ2) is 7.35. The zero-order valence-corrected chi connectivity index (χ0v) is 12.9. The molecule has 0 heterocycles. The smallest absolute Gasteiger partial charge is 0.258 e. The van der Waals surface area contributed by atoms with Crippen LogP contribution in [-0.2, 0) is 11.3 Å². The standard InChI is InChI=1S/C13H19BrN2O3/c1-4-10(13(15)17)19-12-9(14)5-8(7-16-2)6-11(12)18-3/h5-6,10,16H,4,7H2,1-3H3,(H2,15,17). The lowest BCUT2D eigenvalue weighted by atomic mass is 10.2. The van der Waals surface area contributed by atoms with Crippen molar-refractivity contribution in [2.75, 3.05) is 14.2 Å². The maximum absolute atomic E-state index is 11.2. The van der Waals surface area contributed by atoms with E-state index in [9.17, 15) is 4.79 Å². The second-order valence-corrected chi connectivity index (χ2v) is 4.91. The summed E-state index contributed by atoms with van der Waals surface area (Å²) in [5.74, 6) is 0.572. The highest BCUT2D eigenvalue weighted by atomic mass is 79.9. The number of nitrogens with one attached hydrogen (secondary N) is 1. The third-order valence-corrected chi connectivity index (χ3v) is 3.21. The van der Waals surface area contributed by atoms with Gasteiger partial charge in [-0.3, -0.25) is 4.79 Å². The number of carbonyl (C=O) groups is 1. The maximum Gasteiger partial charge on any atom is 0.258 e. The molecule has 1 rings (SSSR count). The highest BCUT2D eigenvalue weighted by Gasteiger charge is 2.19. The summed E-state index contributed by atoms with van der Waals surface area (Å²) in [7, 11) is 3.42. The van der Waals surface area contributed by atoms with Crippen LogP contribution >= 0.6 is 15.9 Å². The number of hydrogen-bond acceptors (Lipinski definition) is 4. The molecule has 6 heteroatoms. The van der Waals surface area contributed by atoms with E-state index in [1.54, 1.807) is 7.11 Å². The number of methoxy groups -OCH3 is 1. The molecule has 0 aromatic heterocycles. The third kappa shape index (κ3) is 4.11. The van der Waals surface area contributed by atoms with Gasteiger partial charge >= 0.3 is 0 Å². The first-order valence-corrected chi connectivity index (χ1v) is 6.79. The summed E-state index contributed by atoms with van der Waals surface area (Å²) in [6.07, 6.45) is -0.163. The number of hydrogen-bond donors (Lipinski definition) is 2. The molecule has 1 aromatic rings. The van der Waals surface area contributed by atoms with Crippen molar-refractivity contribution in [2.45, 2.75) is 26.0 Å². The van der Waals surface area contributed by atoms with Gasteiger partial charge in [-0.05, 0) is 47.1 Å².